The number of aromatic nitrogens is 15. The Morgan fingerprint density at radius 1 is 0.500 bits per heavy atom. The van der Waals surface area contributed by atoms with Crippen LogP contribution in [0.3, 0.4) is 0 Å². The van der Waals surface area contributed by atoms with Gasteiger partial charge in [-0.3, -0.25) is 67.6 Å². The maximum atomic E-state index is 12.7. The normalized spacial score (nSPS) is 12.3. The van der Waals surface area contributed by atoms with Crippen LogP contribution in [0.5, 0.6) is 46.1 Å². The molecule has 0 bridgehead atoms. The van der Waals surface area contributed by atoms with Gasteiger partial charge in [-0.1, -0.05) is 73.1 Å². The average molecular weight is 1780 g/mol. The van der Waals surface area contributed by atoms with E-state index in [1.54, 1.807) is 78.7 Å². The van der Waals surface area contributed by atoms with Crippen molar-refractivity contribution in [1.82, 2.24) is 78.9 Å². The highest BCUT2D eigenvalue weighted by atomic mass is 35.5. The van der Waals surface area contributed by atoms with Gasteiger partial charge in [0.05, 0.1) is 120 Å². The van der Waals surface area contributed by atoms with Gasteiger partial charge in [-0.2, -0.15) is 20.4 Å². The zero-order chi connectivity index (χ0) is 92.5. The van der Waals surface area contributed by atoms with E-state index in [4.69, 9.17) is 54.2 Å². The molecule has 32 nitrogen and oxygen atoms in total. The molecule has 0 saturated carbocycles. The van der Waals surface area contributed by atoms with Crippen LogP contribution >= 0.6 is 11.6 Å². The maximum absolute atomic E-state index is 12.7. The van der Waals surface area contributed by atoms with E-state index in [9.17, 15) is 33.9 Å². The Morgan fingerprint density at radius 3 is 1.62 bits per heavy atom. The number of aryl methyl sites for hydroxylation is 2. The molecule has 0 unspecified atom stereocenters. The predicted molar refractivity (Wildman–Crippen MR) is 488 cm³/mol. The zero-order valence-electron chi connectivity index (χ0n) is 74.2. The summed E-state index contributed by atoms with van der Waals surface area (Å²) in [6.07, 6.45) is 26.6. The van der Waals surface area contributed by atoms with E-state index in [-0.39, 0.29) is 59.9 Å². The van der Waals surface area contributed by atoms with Crippen molar-refractivity contribution in [3.8, 4) is 80.3 Å². The van der Waals surface area contributed by atoms with Crippen LogP contribution in [-0.4, -0.2) is 181 Å². The van der Waals surface area contributed by atoms with Gasteiger partial charge in [0.15, 0.2) is 42.9 Å². The third-order valence-corrected chi connectivity index (χ3v) is 20.5. The number of nitrogens with zero attached hydrogens (tertiary/aromatic N) is 16. The number of methoxy groups -OCH3 is 2. The summed E-state index contributed by atoms with van der Waals surface area (Å²) in [5, 5.41) is 27.4. The number of hydrogen-bond donors (Lipinski definition) is 1. The smallest absolute Gasteiger partial charge is 0.410 e. The fraction of sp³-hybridized carbons (Fsp3) is 0.289. The molecule has 2 aliphatic heterocycles. The molecule has 0 radical (unpaired) electrons. The number of benzene rings is 2. The van der Waals surface area contributed by atoms with Crippen molar-refractivity contribution in [3.63, 3.8) is 0 Å². The summed E-state index contributed by atoms with van der Waals surface area (Å²) in [6.45, 7) is 23.0. The van der Waals surface area contributed by atoms with Crippen molar-refractivity contribution >= 4 is 60.3 Å². The van der Waals surface area contributed by atoms with Gasteiger partial charge in [-0.05, 0) is 169 Å². The minimum Gasteiger partial charge on any atom is -0.507 e. The Bertz CT molecular complexity index is 6040. The monoisotopic (exact) mass is 1780 g/mol. The standard InChI is InChI=1S/C24H32N4O5.C19H18O4.C18H17ClN4O2.C18H18N4O3.C18H18N4O2/c1-16(2)28-20(7-9-26-28)19-13-27(23(30)33-24(3,4)5)10-8-17(19)15-32-21-12-25-22(31-6)11-18(21)14-29;20-11-16-18(21)7-4-8-19(16)23-12-15-9-10-22-13-17(15)14-5-2-1-3-6-14;1-12(2)23-16(5-7-22-23)18-13(4-3-6-21-18)11-25-17-9-20-8-15(19)14(17)10-24;1-3-22-15(6-8-21-22)18-13(5-4-7-20-18)12-25-17-10-19-9-16(24-2)14(17)11-23;1-2-11-22-16(7-10-21-22)18-14(5-3-9-20-18)13-24-17-6-4-8-19-15(17)12-23/h7,9,11-12,14,16H,8,10,13,15H2,1-6H3;1-8,11,21H,9-10,12-13H2;3-10,12H,11H2,1-2H3;4-11H,3,12H2,1-2H3;3-10,12H,2,11,13H2,1H3. The van der Waals surface area contributed by atoms with Gasteiger partial charge in [0.1, 0.15) is 78.6 Å². The van der Waals surface area contributed by atoms with E-state index in [2.05, 4.69) is 102 Å². The number of pyridine rings is 7. The molecule has 0 fully saturated rings. The molecule has 11 aromatic heterocycles. The quantitative estimate of drug-likeness (QED) is 0.0383. The molecule has 0 atom stereocenters. The van der Waals surface area contributed by atoms with Crippen molar-refractivity contribution in [2.45, 2.75) is 132 Å². The Balaban J connectivity index is 0.000000158. The van der Waals surface area contributed by atoms with E-state index in [0.29, 0.717) is 135 Å². The summed E-state index contributed by atoms with van der Waals surface area (Å²) in [7, 11) is 2.98. The first-order valence-corrected chi connectivity index (χ1v) is 42.4. The molecule has 130 heavy (non-hydrogen) atoms. The summed E-state index contributed by atoms with van der Waals surface area (Å²) in [6, 6.07) is 39.4. The number of aromatic hydroxyl groups is 1. The molecule has 0 saturated heterocycles. The first-order valence-electron chi connectivity index (χ1n) is 42.0. The molecular formula is C97H103ClN16O16. The van der Waals surface area contributed by atoms with Crippen LogP contribution in [0, 0.1) is 0 Å². The predicted octanol–water partition coefficient (Wildman–Crippen LogP) is 17.5. The lowest BCUT2D eigenvalue weighted by atomic mass is 9.97. The first-order chi connectivity index (χ1) is 63.1. The number of rotatable bonds is 32. The number of amides is 1. The molecule has 2 aliphatic rings. The highest BCUT2D eigenvalue weighted by Crippen LogP contribution is 2.36. The van der Waals surface area contributed by atoms with Gasteiger partial charge < -0.3 is 52.6 Å². The highest BCUT2D eigenvalue weighted by molar-refractivity contribution is 6.33. The average Bonchev–Trinajstić information content (AvgIpc) is 1.57. The van der Waals surface area contributed by atoms with E-state index in [1.165, 1.54) is 57.3 Å². The molecule has 1 N–H and O–H groups in total. The Morgan fingerprint density at radius 2 is 1.03 bits per heavy atom. The van der Waals surface area contributed by atoms with E-state index < -0.39 is 5.60 Å². The first kappa shape index (κ1) is 95.7. The van der Waals surface area contributed by atoms with Crippen molar-refractivity contribution in [1.29, 1.82) is 0 Å². The van der Waals surface area contributed by atoms with E-state index >= 15 is 0 Å². The van der Waals surface area contributed by atoms with Crippen LogP contribution < -0.4 is 33.2 Å². The SMILES string of the molecule is CC(C)n1nccc1-c1ncccc1COc1cncc(Cl)c1C=O.CCCn1nccc1-c1ncccc1COc1cccnc1C=O.CCn1nccc1-c1ncccc1COc1cncc(OC)c1C=O.COc1cc(C=O)c(OCC2=C(c3ccnn3C(C)C)CN(C(=O)OC(C)(C)C)CC2)cn1.O=Cc1c(O)cccc1OCC1=C(c2ccccc2)COCC1. The molecule has 0 aliphatic carbocycles. The molecule has 0 spiro atoms. The lowest BCUT2D eigenvalue weighted by Gasteiger charge is -2.33. The highest BCUT2D eigenvalue weighted by Gasteiger charge is 2.31. The molecule has 1 amide bonds. The van der Waals surface area contributed by atoms with Crippen LogP contribution in [0.15, 0.2) is 219 Å². The van der Waals surface area contributed by atoms with Gasteiger partial charge in [-0.25, -0.2) is 14.8 Å². The second kappa shape index (κ2) is 47.6. The van der Waals surface area contributed by atoms with Crippen molar-refractivity contribution in [2.24, 2.45) is 0 Å². The van der Waals surface area contributed by atoms with Crippen LogP contribution in [0.1, 0.15) is 174 Å². The van der Waals surface area contributed by atoms with Crippen molar-refractivity contribution < 1.29 is 76.5 Å². The number of carbonyl (C=O) groups excluding carboxylic acids is 6. The number of ether oxygens (including phenoxy) is 9. The summed E-state index contributed by atoms with van der Waals surface area (Å²) >= 11 is 5.98. The Hall–Kier alpha value is -14.9. The van der Waals surface area contributed by atoms with Crippen LogP contribution in [0.4, 0.5) is 4.79 Å². The minimum absolute atomic E-state index is 0.0678. The number of phenols is 1. The van der Waals surface area contributed by atoms with Gasteiger partial charge in [0.25, 0.3) is 0 Å². The van der Waals surface area contributed by atoms with Gasteiger partial charge in [0, 0.05) is 110 Å². The number of aldehydes is 5. The molecule has 15 rings (SSSR count). The summed E-state index contributed by atoms with van der Waals surface area (Å²) in [4.78, 5) is 100. The zero-order valence-corrected chi connectivity index (χ0v) is 74.9. The fourth-order valence-electron chi connectivity index (χ4n) is 13.8. The minimum atomic E-state index is -0.573. The van der Waals surface area contributed by atoms with Crippen LogP contribution in [0.2, 0.25) is 5.02 Å². The molecule has 674 valence electrons. The van der Waals surface area contributed by atoms with Crippen LogP contribution in [-0.2, 0) is 42.4 Å². The second-order valence-electron chi connectivity index (χ2n) is 30.7. The maximum Gasteiger partial charge on any atom is 0.410 e. The van der Waals surface area contributed by atoms with Gasteiger partial charge in [0.2, 0.25) is 5.88 Å². The lowest BCUT2D eigenvalue weighted by molar-refractivity contribution is 0.0268. The van der Waals surface area contributed by atoms with Gasteiger partial charge in [-0.15, -0.1) is 0 Å². The Kier molecular flexibility index (Phi) is 35.0. The molecular weight excluding hydrogens is 1680 g/mol. The third kappa shape index (κ3) is 25.3. The number of hydrogen-bond acceptors (Lipinski definition) is 27. The van der Waals surface area contributed by atoms with E-state index in [1.807, 2.05) is 125 Å². The molecule has 13 heterocycles. The summed E-state index contributed by atoms with van der Waals surface area (Å²) < 4.78 is 58.2. The summed E-state index contributed by atoms with van der Waals surface area (Å²) in [5.74, 6) is 2.60. The Labute approximate surface area is 757 Å². The fourth-order valence-corrected chi connectivity index (χ4v) is 14.0. The van der Waals surface area contributed by atoms with Crippen molar-refractivity contribution in [3.05, 3.63) is 280 Å². The lowest BCUT2D eigenvalue weighted by Crippen LogP contribution is -2.41. The largest absolute Gasteiger partial charge is 0.507 e. The third-order valence-electron chi connectivity index (χ3n) is 20.2. The molecule has 33 heteroatoms. The summed E-state index contributed by atoms with van der Waals surface area (Å²) in [5.41, 5.74) is 15.1. The van der Waals surface area contributed by atoms with Crippen molar-refractivity contribution in [2.75, 3.05) is 53.7 Å². The molecule has 13 aromatic rings. The van der Waals surface area contributed by atoms with Gasteiger partial charge >= 0.3 is 6.09 Å². The number of halogens is 1. The number of phenolic OH excluding ortho intramolecular Hbond substituents is 1. The second-order valence-corrected chi connectivity index (χ2v) is 31.1. The number of carbonyl (C=O) groups is 6. The van der Waals surface area contributed by atoms with Crippen LogP contribution in [0.25, 0.3) is 45.3 Å². The van der Waals surface area contributed by atoms with E-state index in [0.717, 1.165) is 110 Å². The topological polar surface area (TPSA) is 370 Å². The molecule has 2 aromatic carbocycles.